The van der Waals surface area contributed by atoms with Gasteiger partial charge in [-0.25, -0.2) is 13.1 Å². The normalized spacial score (nSPS) is 27.2. The molecule has 0 aliphatic carbocycles. The molecule has 2 N–H and O–H groups in total. The predicted molar refractivity (Wildman–Crippen MR) is 64.0 cm³/mol. The molecule has 0 aromatic carbocycles. The Morgan fingerprint density at radius 2 is 2.35 bits per heavy atom. The quantitative estimate of drug-likeness (QED) is 0.801. The van der Waals surface area contributed by atoms with Gasteiger partial charge in [0.05, 0.1) is 6.20 Å². The largest absolute Gasteiger partial charge is 0.306 e. The fourth-order valence-corrected chi connectivity index (χ4v) is 3.47. The Labute approximate surface area is 101 Å². The van der Waals surface area contributed by atoms with Crippen molar-refractivity contribution in [2.75, 3.05) is 20.1 Å². The first kappa shape index (κ1) is 12.5. The van der Waals surface area contributed by atoms with Gasteiger partial charge >= 0.3 is 0 Å². The van der Waals surface area contributed by atoms with Crippen molar-refractivity contribution in [1.82, 2.24) is 19.8 Å². The number of sulfonamides is 1. The molecule has 96 valence electrons. The van der Waals surface area contributed by atoms with Gasteiger partial charge in [-0.2, -0.15) is 5.10 Å². The molecule has 2 atom stereocenters. The van der Waals surface area contributed by atoms with Crippen LogP contribution in [0.15, 0.2) is 17.3 Å². The molecule has 1 saturated heterocycles. The van der Waals surface area contributed by atoms with Gasteiger partial charge in [0.15, 0.2) is 5.03 Å². The van der Waals surface area contributed by atoms with Gasteiger partial charge in [-0.15, -0.1) is 0 Å². The number of H-pyrrole nitrogens is 1. The molecule has 2 rings (SSSR count). The van der Waals surface area contributed by atoms with E-state index in [1.807, 2.05) is 0 Å². The predicted octanol–water partition coefficient (Wildman–Crippen LogP) is 0.0282. The molecule has 1 aromatic rings. The number of hydrogen-bond acceptors (Lipinski definition) is 4. The van der Waals surface area contributed by atoms with E-state index >= 15 is 0 Å². The smallest absolute Gasteiger partial charge is 0.257 e. The molecule has 0 spiro atoms. The Kier molecular flexibility index (Phi) is 3.50. The number of rotatable bonds is 3. The van der Waals surface area contributed by atoms with Gasteiger partial charge in [-0.05, 0) is 32.0 Å². The van der Waals surface area contributed by atoms with E-state index in [-0.39, 0.29) is 11.1 Å². The van der Waals surface area contributed by atoms with Gasteiger partial charge in [0.1, 0.15) is 0 Å². The zero-order valence-electron chi connectivity index (χ0n) is 10.0. The maximum atomic E-state index is 12.0. The summed E-state index contributed by atoms with van der Waals surface area (Å²) in [5, 5.41) is 6.27. The van der Waals surface area contributed by atoms with E-state index in [0.717, 1.165) is 19.5 Å². The summed E-state index contributed by atoms with van der Waals surface area (Å²) in [7, 11) is -1.40. The molecule has 1 aromatic heterocycles. The highest BCUT2D eigenvalue weighted by Crippen LogP contribution is 2.17. The first-order valence-corrected chi connectivity index (χ1v) is 7.17. The molecule has 2 unspecified atom stereocenters. The van der Waals surface area contributed by atoms with Crippen LogP contribution in [0.25, 0.3) is 0 Å². The first-order valence-electron chi connectivity index (χ1n) is 5.69. The van der Waals surface area contributed by atoms with Crippen LogP contribution in [0.5, 0.6) is 0 Å². The Balaban J connectivity index is 2.06. The average molecular weight is 258 g/mol. The lowest BCUT2D eigenvalue weighted by Gasteiger charge is -2.34. The van der Waals surface area contributed by atoms with Gasteiger partial charge in [-0.1, -0.05) is 6.92 Å². The highest BCUT2D eigenvalue weighted by molar-refractivity contribution is 7.89. The number of nitrogens with zero attached hydrogens (tertiary/aromatic N) is 2. The third-order valence-electron chi connectivity index (χ3n) is 3.18. The molecule has 1 fully saturated rings. The van der Waals surface area contributed by atoms with Crippen molar-refractivity contribution in [2.24, 2.45) is 5.92 Å². The number of likely N-dealkylation sites (tertiary alicyclic amines) is 1. The van der Waals surface area contributed by atoms with Crippen LogP contribution in [-0.2, 0) is 10.0 Å². The third-order valence-corrected chi connectivity index (χ3v) is 4.60. The monoisotopic (exact) mass is 258 g/mol. The standard InChI is InChI=1S/C10H18N4O2S/c1-8-7-14(2)6-4-9(8)13-17(15,16)10-3-5-11-12-10/h3,5,8-9,13H,4,6-7H2,1-2H3,(H,11,12). The third kappa shape index (κ3) is 2.85. The fourth-order valence-electron chi connectivity index (χ4n) is 2.18. The molecule has 0 amide bonds. The number of aromatic amines is 1. The van der Waals surface area contributed by atoms with Crippen molar-refractivity contribution in [3.8, 4) is 0 Å². The van der Waals surface area contributed by atoms with Crippen molar-refractivity contribution in [2.45, 2.75) is 24.4 Å². The van der Waals surface area contributed by atoms with Crippen molar-refractivity contribution >= 4 is 10.0 Å². The Bertz CT molecular complexity index is 457. The highest BCUT2D eigenvalue weighted by Gasteiger charge is 2.29. The summed E-state index contributed by atoms with van der Waals surface area (Å²) in [6.45, 7) is 3.90. The van der Waals surface area contributed by atoms with Gasteiger partial charge < -0.3 is 4.90 Å². The lowest BCUT2D eigenvalue weighted by Crippen LogP contribution is -2.48. The molecule has 7 heteroatoms. The van der Waals surface area contributed by atoms with Crippen LogP contribution >= 0.6 is 0 Å². The van der Waals surface area contributed by atoms with Crippen LogP contribution in [0.3, 0.4) is 0 Å². The minimum absolute atomic E-state index is 0.000463. The van der Waals surface area contributed by atoms with Crippen molar-refractivity contribution in [3.63, 3.8) is 0 Å². The zero-order valence-corrected chi connectivity index (χ0v) is 10.9. The maximum Gasteiger partial charge on any atom is 0.257 e. The second kappa shape index (κ2) is 4.75. The molecular formula is C10H18N4O2S. The van der Waals surface area contributed by atoms with E-state index in [1.54, 1.807) is 0 Å². The van der Waals surface area contributed by atoms with Crippen LogP contribution < -0.4 is 4.72 Å². The lowest BCUT2D eigenvalue weighted by molar-refractivity contribution is 0.188. The number of hydrogen-bond donors (Lipinski definition) is 2. The summed E-state index contributed by atoms with van der Waals surface area (Å²) in [6.07, 6.45) is 2.28. The summed E-state index contributed by atoms with van der Waals surface area (Å²) in [5.74, 6) is 0.312. The van der Waals surface area contributed by atoms with Crippen molar-refractivity contribution < 1.29 is 8.42 Å². The zero-order chi connectivity index (χ0) is 12.5. The summed E-state index contributed by atoms with van der Waals surface area (Å²) < 4.78 is 26.7. The van der Waals surface area contributed by atoms with Crippen molar-refractivity contribution in [3.05, 3.63) is 12.3 Å². The Morgan fingerprint density at radius 1 is 1.59 bits per heavy atom. The minimum atomic E-state index is -3.45. The summed E-state index contributed by atoms with van der Waals surface area (Å²) in [4.78, 5) is 2.21. The number of aromatic nitrogens is 2. The Morgan fingerprint density at radius 3 is 2.94 bits per heavy atom. The van der Waals surface area contributed by atoms with Gasteiger partial charge in [0, 0.05) is 12.6 Å². The molecule has 17 heavy (non-hydrogen) atoms. The van der Waals surface area contributed by atoms with E-state index in [4.69, 9.17) is 0 Å². The van der Waals surface area contributed by atoms with Gasteiger partial charge in [-0.3, -0.25) is 5.10 Å². The molecule has 6 nitrogen and oxygen atoms in total. The van der Waals surface area contributed by atoms with Crippen LogP contribution in [0, 0.1) is 5.92 Å². The first-order chi connectivity index (χ1) is 7.99. The van der Waals surface area contributed by atoms with Crippen LogP contribution in [0.1, 0.15) is 13.3 Å². The summed E-state index contributed by atoms with van der Waals surface area (Å²) in [5.41, 5.74) is 0. The van der Waals surface area contributed by atoms with E-state index < -0.39 is 10.0 Å². The second-order valence-corrected chi connectivity index (χ2v) is 6.36. The molecule has 2 heterocycles. The summed E-state index contributed by atoms with van der Waals surface area (Å²) >= 11 is 0. The molecule has 0 bridgehead atoms. The second-order valence-electron chi connectivity index (χ2n) is 4.68. The highest BCUT2D eigenvalue weighted by atomic mass is 32.2. The van der Waals surface area contributed by atoms with E-state index in [0.29, 0.717) is 5.92 Å². The average Bonchev–Trinajstić information content (AvgIpc) is 2.76. The number of nitrogens with one attached hydrogen (secondary N) is 2. The van der Waals surface area contributed by atoms with E-state index in [2.05, 4.69) is 33.8 Å². The van der Waals surface area contributed by atoms with Crippen LogP contribution in [0.2, 0.25) is 0 Å². The molecule has 1 aliphatic heterocycles. The SMILES string of the molecule is CC1CN(C)CCC1NS(=O)(=O)c1ccn[nH]1. The molecule has 0 radical (unpaired) electrons. The maximum absolute atomic E-state index is 12.0. The molecule has 1 aliphatic rings. The fraction of sp³-hybridized carbons (Fsp3) is 0.700. The minimum Gasteiger partial charge on any atom is -0.306 e. The van der Waals surface area contributed by atoms with Crippen LogP contribution in [0.4, 0.5) is 0 Å². The van der Waals surface area contributed by atoms with Crippen LogP contribution in [-0.4, -0.2) is 49.7 Å². The van der Waals surface area contributed by atoms with Gasteiger partial charge in [0.2, 0.25) is 0 Å². The summed E-state index contributed by atoms with van der Waals surface area (Å²) in [6, 6.07) is 1.46. The number of piperidine rings is 1. The molecule has 0 saturated carbocycles. The molecular weight excluding hydrogens is 240 g/mol. The van der Waals surface area contributed by atoms with E-state index in [9.17, 15) is 8.42 Å². The lowest BCUT2D eigenvalue weighted by atomic mass is 9.95. The van der Waals surface area contributed by atoms with Crippen molar-refractivity contribution in [1.29, 1.82) is 0 Å². The van der Waals surface area contributed by atoms with Gasteiger partial charge in [0.25, 0.3) is 10.0 Å². The Hall–Kier alpha value is -0.920. The topological polar surface area (TPSA) is 78.1 Å². The van der Waals surface area contributed by atoms with E-state index in [1.165, 1.54) is 12.3 Å².